The van der Waals surface area contributed by atoms with Gasteiger partial charge in [-0.1, -0.05) is 0 Å². The van der Waals surface area contributed by atoms with E-state index in [-0.39, 0.29) is 0 Å². The van der Waals surface area contributed by atoms with Crippen LogP contribution in [0.4, 0.5) is 0 Å². The molecule has 0 atom stereocenters. The van der Waals surface area contributed by atoms with Crippen molar-refractivity contribution in [1.29, 1.82) is 0 Å². The molecule has 1 amide bonds. The zero-order chi connectivity index (χ0) is 9.42. The lowest BCUT2D eigenvalue weighted by Crippen LogP contribution is -2.12. The number of carbonyl (C=O) groups is 1. The molecule has 0 aliphatic carbocycles. The van der Waals surface area contributed by atoms with Crippen LogP contribution < -0.4 is 5.73 Å². The molecule has 1 heterocycles. The molecule has 4 heteroatoms. The van der Waals surface area contributed by atoms with Gasteiger partial charge in [-0.05, 0) is 24.6 Å². The fourth-order valence-electron chi connectivity index (χ4n) is 1.36. The summed E-state index contributed by atoms with van der Waals surface area (Å²) in [5, 5.41) is 0. The second-order valence-electron chi connectivity index (χ2n) is 2.85. The van der Waals surface area contributed by atoms with Crippen LogP contribution in [0.3, 0.4) is 0 Å². The maximum absolute atomic E-state index is 11.0. The molecule has 0 unspecified atom stereocenters. The highest BCUT2D eigenvalue weighted by Crippen LogP contribution is 2.17. The van der Waals surface area contributed by atoms with Crippen LogP contribution in [0.2, 0.25) is 0 Å². The van der Waals surface area contributed by atoms with E-state index in [1.807, 2.05) is 6.92 Å². The Balaban J connectivity index is 2.80. The molecule has 13 heavy (non-hydrogen) atoms. The Morgan fingerprint density at radius 2 is 2.38 bits per heavy atom. The number of hydrogen-bond acceptors (Lipinski definition) is 2. The largest absolute Gasteiger partial charge is 0.366 e. The second-order valence-corrected chi connectivity index (χ2v) is 2.85. The molecular formula is C9H8N3O. The Morgan fingerprint density at radius 3 is 3.08 bits per heavy atom. The first-order chi connectivity index (χ1) is 6.20. The number of aryl methyl sites for hydroxylation is 1. The third kappa shape index (κ3) is 1.07. The van der Waals surface area contributed by atoms with Crippen LogP contribution in [0.15, 0.2) is 12.1 Å². The van der Waals surface area contributed by atoms with E-state index >= 15 is 0 Å². The molecule has 0 bridgehead atoms. The van der Waals surface area contributed by atoms with E-state index < -0.39 is 5.91 Å². The van der Waals surface area contributed by atoms with Crippen molar-refractivity contribution < 1.29 is 4.79 Å². The van der Waals surface area contributed by atoms with E-state index in [0.29, 0.717) is 5.56 Å². The van der Waals surface area contributed by atoms with Crippen LogP contribution in [0.1, 0.15) is 15.9 Å². The summed E-state index contributed by atoms with van der Waals surface area (Å²) >= 11 is 0. The standard InChI is InChI=1S/C9H8N3O/c1-5-6(9(10)13)2-3-7-8(5)12-4-11-7/h2-3H,1H3,(H2,10,13)(H,11,12). The van der Waals surface area contributed by atoms with Crippen molar-refractivity contribution in [2.75, 3.05) is 0 Å². The number of carbonyl (C=O) groups excluding carboxylic acids is 1. The maximum Gasteiger partial charge on any atom is 0.249 e. The average Bonchev–Trinajstić information content (AvgIpc) is 2.52. The lowest BCUT2D eigenvalue weighted by atomic mass is 10.1. The summed E-state index contributed by atoms with van der Waals surface area (Å²) in [7, 11) is 0. The topological polar surface area (TPSA) is 71.8 Å². The number of nitrogens with zero attached hydrogens (tertiary/aromatic N) is 1. The zero-order valence-corrected chi connectivity index (χ0v) is 7.09. The Labute approximate surface area is 74.8 Å². The quantitative estimate of drug-likeness (QED) is 0.670. The van der Waals surface area contributed by atoms with Gasteiger partial charge in [0.05, 0.1) is 11.0 Å². The molecule has 0 aliphatic rings. The van der Waals surface area contributed by atoms with E-state index in [0.717, 1.165) is 16.6 Å². The predicted molar refractivity (Wildman–Crippen MR) is 48.2 cm³/mol. The van der Waals surface area contributed by atoms with Gasteiger partial charge in [0.2, 0.25) is 5.91 Å². The van der Waals surface area contributed by atoms with Gasteiger partial charge in [-0.15, -0.1) is 0 Å². The van der Waals surface area contributed by atoms with Crippen molar-refractivity contribution in [2.24, 2.45) is 5.73 Å². The first-order valence-corrected chi connectivity index (χ1v) is 3.85. The number of nitrogens with one attached hydrogen (secondary N) is 1. The lowest BCUT2D eigenvalue weighted by molar-refractivity contribution is 0.1000. The average molecular weight is 174 g/mol. The zero-order valence-electron chi connectivity index (χ0n) is 7.09. The van der Waals surface area contributed by atoms with Gasteiger partial charge in [-0.2, -0.15) is 0 Å². The number of aromatic nitrogens is 2. The van der Waals surface area contributed by atoms with Gasteiger partial charge in [0.15, 0.2) is 6.33 Å². The van der Waals surface area contributed by atoms with Crippen LogP contribution in [0.5, 0.6) is 0 Å². The number of rotatable bonds is 1. The molecule has 0 aliphatic heterocycles. The van der Waals surface area contributed by atoms with Crippen molar-refractivity contribution in [3.8, 4) is 0 Å². The minimum absolute atomic E-state index is 0.428. The number of fused-ring (bicyclic) bond motifs is 1. The number of H-pyrrole nitrogens is 1. The SMILES string of the molecule is Cc1c(C(N)=O)ccc2[nH][c]nc12. The molecule has 1 aromatic heterocycles. The summed E-state index contributed by atoms with van der Waals surface area (Å²) < 4.78 is 0. The summed E-state index contributed by atoms with van der Waals surface area (Å²) in [6.07, 6.45) is 2.62. The highest BCUT2D eigenvalue weighted by Gasteiger charge is 2.09. The molecule has 1 aromatic carbocycles. The van der Waals surface area contributed by atoms with E-state index in [1.54, 1.807) is 12.1 Å². The molecule has 0 saturated heterocycles. The summed E-state index contributed by atoms with van der Waals surface area (Å²) in [6.45, 7) is 1.82. The highest BCUT2D eigenvalue weighted by molar-refractivity contribution is 5.98. The van der Waals surface area contributed by atoms with Crippen molar-refractivity contribution in [1.82, 2.24) is 9.97 Å². The first kappa shape index (κ1) is 7.79. The van der Waals surface area contributed by atoms with Gasteiger partial charge in [0.25, 0.3) is 0 Å². The molecular weight excluding hydrogens is 166 g/mol. The van der Waals surface area contributed by atoms with Crippen LogP contribution in [-0.2, 0) is 0 Å². The van der Waals surface area contributed by atoms with Crippen LogP contribution in [0.25, 0.3) is 11.0 Å². The molecule has 0 fully saturated rings. The maximum atomic E-state index is 11.0. The fourth-order valence-corrected chi connectivity index (χ4v) is 1.36. The first-order valence-electron chi connectivity index (χ1n) is 3.85. The number of imidazole rings is 1. The number of hydrogen-bond donors (Lipinski definition) is 2. The van der Waals surface area contributed by atoms with Crippen LogP contribution in [0, 0.1) is 13.3 Å². The third-order valence-corrected chi connectivity index (χ3v) is 2.05. The van der Waals surface area contributed by atoms with Crippen molar-refractivity contribution in [2.45, 2.75) is 6.92 Å². The minimum atomic E-state index is -0.428. The summed E-state index contributed by atoms with van der Waals surface area (Å²) in [4.78, 5) is 17.8. The van der Waals surface area contributed by atoms with Crippen molar-refractivity contribution in [3.63, 3.8) is 0 Å². The Kier molecular flexibility index (Phi) is 1.55. The molecule has 2 aromatic rings. The molecule has 0 saturated carbocycles. The van der Waals surface area contributed by atoms with E-state index in [4.69, 9.17) is 5.73 Å². The Bertz CT molecular complexity index is 473. The summed E-state index contributed by atoms with van der Waals surface area (Å²) in [6, 6.07) is 3.46. The fraction of sp³-hybridized carbons (Fsp3) is 0.111. The van der Waals surface area contributed by atoms with Crippen LogP contribution >= 0.6 is 0 Å². The number of amides is 1. The third-order valence-electron chi connectivity index (χ3n) is 2.05. The lowest BCUT2D eigenvalue weighted by Gasteiger charge is -2.00. The van der Waals surface area contributed by atoms with Gasteiger partial charge in [-0.25, -0.2) is 4.98 Å². The number of benzene rings is 1. The molecule has 1 radical (unpaired) electrons. The second kappa shape index (κ2) is 2.58. The molecule has 65 valence electrons. The monoisotopic (exact) mass is 174 g/mol. The summed E-state index contributed by atoms with van der Waals surface area (Å²) in [5.74, 6) is -0.428. The van der Waals surface area contributed by atoms with E-state index in [9.17, 15) is 4.79 Å². The molecule has 2 rings (SSSR count). The molecule has 3 N–H and O–H groups in total. The minimum Gasteiger partial charge on any atom is -0.366 e. The number of aromatic amines is 1. The Morgan fingerprint density at radius 1 is 1.62 bits per heavy atom. The number of nitrogens with two attached hydrogens (primary N) is 1. The van der Waals surface area contributed by atoms with Gasteiger partial charge in [0, 0.05) is 5.56 Å². The Hall–Kier alpha value is -1.84. The van der Waals surface area contributed by atoms with Gasteiger partial charge in [-0.3, -0.25) is 4.79 Å². The van der Waals surface area contributed by atoms with Crippen molar-refractivity contribution >= 4 is 16.9 Å². The van der Waals surface area contributed by atoms with Crippen molar-refractivity contribution in [3.05, 3.63) is 29.6 Å². The van der Waals surface area contributed by atoms with Gasteiger partial charge < -0.3 is 10.7 Å². The van der Waals surface area contributed by atoms with E-state index in [1.165, 1.54) is 0 Å². The molecule has 4 nitrogen and oxygen atoms in total. The number of primary amides is 1. The smallest absolute Gasteiger partial charge is 0.249 e. The van der Waals surface area contributed by atoms with Crippen LogP contribution in [-0.4, -0.2) is 15.9 Å². The van der Waals surface area contributed by atoms with E-state index in [2.05, 4.69) is 16.3 Å². The normalized spacial score (nSPS) is 10.5. The summed E-state index contributed by atoms with van der Waals surface area (Å²) in [5.41, 5.74) is 8.10. The molecule has 0 spiro atoms. The highest BCUT2D eigenvalue weighted by atomic mass is 16.1. The predicted octanol–water partition coefficient (Wildman–Crippen LogP) is 0.770. The van der Waals surface area contributed by atoms with Gasteiger partial charge in [0.1, 0.15) is 0 Å². The van der Waals surface area contributed by atoms with Gasteiger partial charge >= 0.3 is 0 Å².